The first-order valence-corrected chi connectivity index (χ1v) is 8.52. The summed E-state index contributed by atoms with van der Waals surface area (Å²) in [5, 5.41) is 5.72. The zero-order valence-electron chi connectivity index (χ0n) is 13.4. The van der Waals surface area contributed by atoms with Crippen molar-refractivity contribution >= 4 is 11.3 Å². The fourth-order valence-corrected chi connectivity index (χ4v) is 3.60. The molecule has 1 heterocycles. The van der Waals surface area contributed by atoms with Crippen molar-refractivity contribution in [1.82, 2.24) is 15.1 Å². The Kier molecular flexibility index (Phi) is 5.61. The van der Waals surface area contributed by atoms with Crippen molar-refractivity contribution in [1.29, 1.82) is 0 Å². The molecule has 1 aliphatic carbocycles. The second-order valence-electron chi connectivity index (χ2n) is 6.45. The van der Waals surface area contributed by atoms with Gasteiger partial charge in [0.1, 0.15) is 0 Å². The third kappa shape index (κ3) is 3.82. The summed E-state index contributed by atoms with van der Waals surface area (Å²) in [6.07, 6.45) is 4.08. The first kappa shape index (κ1) is 16.0. The lowest BCUT2D eigenvalue weighted by atomic mass is 9.75. The van der Waals surface area contributed by atoms with Crippen LogP contribution in [0.25, 0.3) is 0 Å². The summed E-state index contributed by atoms with van der Waals surface area (Å²) in [6, 6.07) is 4.89. The average Bonchev–Trinajstić information content (AvgIpc) is 2.85. The monoisotopic (exact) mass is 295 g/mol. The van der Waals surface area contributed by atoms with Crippen molar-refractivity contribution in [2.45, 2.75) is 44.3 Å². The Hall–Kier alpha value is -0.420. The van der Waals surface area contributed by atoms with E-state index in [-0.39, 0.29) is 0 Å². The topological polar surface area (TPSA) is 18.5 Å². The molecule has 1 unspecified atom stereocenters. The van der Waals surface area contributed by atoms with E-state index in [9.17, 15) is 0 Å². The van der Waals surface area contributed by atoms with Crippen molar-refractivity contribution in [2.75, 3.05) is 34.2 Å². The Balaban J connectivity index is 1.72. The van der Waals surface area contributed by atoms with E-state index in [1.165, 1.54) is 30.7 Å². The van der Waals surface area contributed by atoms with Crippen LogP contribution in [0.2, 0.25) is 0 Å². The fraction of sp³-hybridized carbons (Fsp3) is 0.750. The number of hydrogen-bond donors (Lipinski definition) is 1. The van der Waals surface area contributed by atoms with E-state index >= 15 is 0 Å². The van der Waals surface area contributed by atoms with Crippen LogP contribution in [0, 0.1) is 0 Å². The van der Waals surface area contributed by atoms with E-state index < -0.39 is 0 Å². The van der Waals surface area contributed by atoms with Gasteiger partial charge in [0.15, 0.2) is 0 Å². The van der Waals surface area contributed by atoms with Crippen molar-refractivity contribution in [3.05, 3.63) is 22.4 Å². The average molecular weight is 295 g/mol. The highest BCUT2D eigenvalue weighted by molar-refractivity contribution is 7.09. The van der Waals surface area contributed by atoms with E-state index in [4.69, 9.17) is 0 Å². The minimum absolute atomic E-state index is 0.427. The van der Waals surface area contributed by atoms with Gasteiger partial charge in [-0.05, 0) is 58.8 Å². The lowest BCUT2D eigenvalue weighted by Gasteiger charge is -2.50. The Labute approximate surface area is 128 Å². The molecule has 114 valence electrons. The highest BCUT2D eigenvalue weighted by Crippen LogP contribution is 2.36. The van der Waals surface area contributed by atoms with Crippen molar-refractivity contribution in [3.63, 3.8) is 0 Å². The first-order valence-electron chi connectivity index (χ1n) is 7.64. The van der Waals surface area contributed by atoms with Gasteiger partial charge in [-0.2, -0.15) is 0 Å². The first-order chi connectivity index (χ1) is 9.53. The van der Waals surface area contributed by atoms with E-state index in [0.29, 0.717) is 11.6 Å². The van der Waals surface area contributed by atoms with Gasteiger partial charge in [0.05, 0.1) is 0 Å². The Bertz CT molecular complexity index is 384. The number of nitrogens with one attached hydrogen (secondary N) is 1. The summed E-state index contributed by atoms with van der Waals surface area (Å²) < 4.78 is 0. The molecule has 0 spiro atoms. The van der Waals surface area contributed by atoms with Gasteiger partial charge < -0.3 is 15.1 Å². The zero-order valence-corrected chi connectivity index (χ0v) is 14.2. The van der Waals surface area contributed by atoms with Gasteiger partial charge in [-0.1, -0.05) is 6.07 Å². The molecule has 1 atom stereocenters. The molecule has 0 aromatic carbocycles. The van der Waals surface area contributed by atoms with Crippen LogP contribution in [0.3, 0.4) is 0 Å². The fourth-order valence-electron chi connectivity index (χ4n) is 2.92. The van der Waals surface area contributed by atoms with Gasteiger partial charge in [-0.15, -0.1) is 11.3 Å². The van der Waals surface area contributed by atoms with Gasteiger partial charge in [-0.25, -0.2) is 0 Å². The Morgan fingerprint density at radius 3 is 2.60 bits per heavy atom. The van der Waals surface area contributed by atoms with Crippen LogP contribution in [-0.2, 0) is 6.54 Å². The maximum absolute atomic E-state index is 3.57. The van der Waals surface area contributed by atoms with Crippen molar-refractivity contribution < 1.29 is 0 Å². The van der Waals surface area contributed by atoms with Gasteiger partial charge >= 0.3 is 0 Å². The number of rotatable bonds is 8. The molecule has 0 amide bonds. The molecule has 0 bridgehead atoms. The molecule has 0 saturated heterocycles. The lowest BCUT2D eigenvalue weighted by Crippen LogP contribution is -2.58. The summed E-state index contributed by atoms with van der Waals surface area (Å²) >= 11 is 1.83. The molecule has 1 aromatic heterocycles. The SMILES string of the molecule is CC(CNCc1cccs1)N(C)CC1(N(C)C)CCC1. The standard InChI is InChI=1S/C16H29N3S/c1-14(11-17-12-15-7-5-10-20-15)19(4)13-16(18(2)3)8-6-9-16/h5,7,10,14,17H,6,8-9,11-13H2,1-4H3. The molecule has 1 fully saturated rings. The molecule has 1 N–H and O–H groups in total. The molecular weight excluding hydrogens is 266 g/mol. The molecule has 2 rings (SSSR count). The molecule has 0 radical (unpaired) electrons. The largest absolute Gasteiger partial charge is 0.310 e. The smallest absolute Gasteiger partial charge is 0.0330 e. The predicted molar refractivity (Wildman–Crippen MR) is 88.4 cm³/mol. The second kappa shape index (κ2) is 7.03. The van der Waals surface area contributed by atoms with Gasteiger partial charge in [0.2, 0.25) is 0 Å². The zero-order chi connectivity index (χ0) is 14.6. The minimum Gasteiger partial charge on any atom is -0.310 e. The van der Waals surface area contributed by atoms with Crippen LogP contribution in [0.1, 0.15) is 31.1 Å². The molecule has 1 aliphatic rings. The molecule has 1 aromatic rings. The third-order valence-corrected chi connectivity index (χ3v) is 5.72. The van der Waals surface area contributed by atoms with Crippen LogP contribution >= 0.6 is 11.3 Å². The van der Waals surface area contributed by atoms with Crippen LogP contribution in [0.4, 0.5) is 0 Å². The van der Waals surface area contributed by atoms with Crippen LogP contribution in [-0.4, -0.2) is 55.6 Å². The number of hydrogen-bond acceptors (Lipinski definition) is 4. The molecule has 4 heteroatoms. The summed E-state index contributed by atoms with van der Waals surface area (Å²) in [4.78, 5) is 6.36. The summed E-state index contributed by atoms with van der Waals surface area (Å²) in [6.45, 7) is 5.55. The lowest BCUT2D eigenvalue weighted by molar-refractivity contribution is 0.0182. The van der Waals surface area contributed by atoms with Crippen LogP contribution < -0.4 is 5.32 Å². The maximum Gasteiger partial charge on any atom is 0.0330 e. The van der Waals surface area contributed by atoms with E-state index in [1.54, 1.807) is 0 Å². The molecule has 1 saturated carbocycles. The van der Waals surface area contributed by atoms with Crippen LogP contribution in [0.5, 0.6) is 0 Å². The predicted octanol–water partition coefficient (Wildman–Crippen LogP) is 2.64. The normalized spacial score (nSPS) is 19.3. The van der Waals surface area contributed by atoms with E-state index in [1.807, 2.05) is 11.3 Å². The van der Waals surface area contributed by atoms with E-state index in [2.05, 4.69) is 60.7 Å². The summed E-state index contributed by atoms with van der Waals surface area (Å²) in [5.41, 5.74) is 0.427. The van der Waals surface area contributed by atoms with Gasteiger partial charge in [0, 0.05) is 36.1 Å². The highest BCUT2D eigenvalue weighted by atomic mass is 32.1. The van der Waals surface area contributed by atoms with Gasteiger partial charge in [0.25, 0.3) is 0 Å². The van der Waals surface area contributed by atoms with Gasteiger partial charge in [-0.3, -0.25) is 0 Å². The number of nitrogens with zero attached hydrogens (tertiary/aromatic N) is 2. The summed E-state index contributed by atoms with van der Waals surface area (Å²) in [7, 11) is 6.72. The molecule has 3 nitrogen and oxygen atoms in total. The Morgan fingerprint density at radius 1 is 1.35 bits per heavy atom. The second-order valence-corrected chi connectivity index (χ2v) is 7.48. The number of thiophene rings is 1. The quantitative estimate of drug-likeness (QED) is 0.795. The third-order valence-electron chi connectivity index (χ3n) is 4.85. The van der Waals surface area contributed by atoms with Crippen molar-refractivity contribution in [2.24, 2.45) is 0 Å². The molecule has 0 aliphatic heterocycles. The van der Waals surface area contributed by atoms with Crippen LogP contribution in [0.15, 0.2) is 17.5 Å². The molecule has 20 heavy (non-hydrogen) atoms. The maximum atomic E-state index is 3.57. The highest BCUT2D eigenvalue weighted by Gasteiger charge is 2.40. The van der Waals surface area contributed by atoms with E-state index in [0.717, 1.165) is 13.1 Å². The molecular formula is C16H29N3S. The Morgan fingerprint density at radius 2 is 2.10 bits per heavy atom. The summed E-state index contributed by atoms with van der Waals surface area (Å²) in [5.74, 6) is 0. The van der Waals surface area contributed by atoms with Crippen molar-refractivity contribution in [3.8, 4) is 0 Å². The number of likely N-dealkylation sites (N-methyl/N-ethyl adjacent to an activating group) is 2. The minimum atomic E-state index is 0.427.